The number of hydrogen-bond acceptors (Lipinski definition) is 2. The number of hydrogen-bond donors (Lipinski definition) is 2. The first-order chi connectivity index (χ1) is 11.7. The molecule has 128 valence electrons. The lowest BCUT2D eigenvalue weighted by atomic mass is 9.96. The van der Waals surface area contributed by atoms with Crippen molar-refractivity contribution in [2.24, 2.45) is 5.92 Å². The van der Waals surface area contributed by atoms with Crippen LogP contribution in [-0.2, 0) is 4.79 Å². The van der Waals surface area contributed by atoms with Crippen LogP contribution in [0.4, 0.5) is 0 Å². The largest absolute Gasteiger partial charge is 0.396 e. The zero-order chi connectivity index (χ0) is 17.2. The minimum Gasteiger partial charge on any atom is -0.396 e. The van der Waals surface area contributed by atoms with Crippen LogP contribution in [-0.4, -0.2) is 24.2 Å². The molecule has 1 amide bonds. The van der Waals surface area contributed by atoms with E-state index in [1.165, 1.54) is 0 Å². The van der Waals surface area contributed by atoms with E-state index in [-0.39, 0.29) is 24.3 Å². The van der Waals surface area contributed by atoms with Crippen molar-refractivity contribution in [1.29, 1.82) is 0 Å². The molecule has 0 heterocycles. The highest BCUT2D eigenvalue weighted by Crippen LogP contribution is 2.29. The van der Waals surface area contributed by atoms with Gasteiger partial charge in [0.15, 0.2) is 0 Å². The maximum absolute atomic E-state index is 11.6. The van der Waals surface area contributed by atoms with Gasteiger partial charge in [0.05, 0.1) is 0 Å². The molecule has 0 aliphatic heterocycles. The van der Waals surface area contributed by atoms with E-state index < -0.39 is 0 Å². The predicted octanol–water partition coefficient (Wildman–Crippen LogP) is 4.02. The zero-order valence-electron chi connectivity index (χ0n) is 13.7. The quantitative estimate of drug-likeness (QED) is 0.830. The Morgan fingerprint density at radius 2 is 1.75 bits per heavy atom. The number of carbonyl (C=O) groups is 1. The molecule has 0 spiro atoms. The highest BCUT2D eigenvalue weighted by molar-refractivity contribution is 6.30. The van der Waals surface area contributed by atoms with Gasteiger partial charge in [-0.2, -0.15) is 0 Å². The maximum atomic E-state index is 11.6. The Balaban J connectivity index is 0.000000292. The topological polar surface area (TPSA) is 49.3 Å². The number of aliphatic hydroxyl groups is 1. The lowest BCUT2D eigenvalue weighted by Gasteiger charge is -2.17. The third kappa shape index (κ3) is 6.73. The minimum absolute atomic E-state index is 0.108. The zero-order valence-corrected chi connectivity index (χ0v) is 14.5. The van der Waals surface area contributed by atoms with Crippen LogP contribution in [0.15, 0.2) is 60.7 Å². The summed E-state index contributed by atoms with van der Waals surface area (Å²) in [5.74, 6) is 0.482. The first-order valence-electron chi connectivity index (χ1n) is 8.34. The Morgan fingerprint density at radius 1 is 1.12 bits per heavy atom. The van der Waals surface area contributed by atoms with E-state index in [1.54, 1.807) is 0 Å². The molecule has 4 heteroatoms. The fourth-order valence-electron chi connectivity index (χ4n) is 2.40. The summed E-state index contributed by atoms with van der Waals surface area (Å²) >= 11 is 5.96. The van der Waals surface area contributed by atoms with Crippen LogP contribution >= 0.6 is 11.6 Å². The number of nitrogens with one attached hydrogen (secondary N) is 1. The van der Waals surface area contributed by atoms with E-state index in [2.05, 4.69) is 5.32 Å². The smallest absolute Gasteiger partial charge is 0.223 e. The Morgan fingerprint density at radius 3 is 2.25 bits per heavy atom. The van der Waals surface area contributed by atoms with Crippen LogP contribution < -0.4 is 5.32 Å². The van der Waals surface area contributed by atoms with Gasteiger partial charge in [0, 0.05) is 30.0 Å². The Labute approximate surface area is 148 Å². The molecule has 2 aromatic rings. The first-order valence-corrected chi connectivity index (χ1v) is 8.72. The van der Waals surface area contributed by atoms with Crippen molar-refractivity contribution < 1.29 is 9.90 Å². The molecule has 2 aromatic carbocycles. The van der Waals surface area contributed by atoms with Gasteiger partial charge in [0.2, 0.25) is 5.91 Å². The van der Waals surface area contributed by atoms with Gasteiger partial charge in [0.25, 0.3) is 0 Å². The summed E-state index contributed by atoms with van der Waals surface area (Å²) in [5.41, 5.74) is 1.06. The maximum Gasteiger partial charge on any atom is 0.223 e. The third-order valence-corrected chi connectivity index (χ3v) is 4.17. The lowest BCUT2D eigenvalue weighted by molar-refractivity contribution is -0.122. The summed E-state index contributed by atoms with van der Waals surface area (Å²) in [6.45, 7) is 0.673. The standard InChI is InChI=1S/C14H18ClNO2.C6H6/c15-13-3-1-2-11(8-13)12(6-7-17)9-16-14(18)10-4-5-10;1-2-4-6-5-3-1/h1-3,8,10,12,17H,4-7,9H2,(H,16,18);1-6H. The van der Waals surface area contributed by atoms with E-state index in [1.807, 2.05) is 60.7 Å². The van der Waals surface area contributed by atoms with Gasteiger partial charge in [-0.25, -0.2) is 0 Å². The SMILES string of the molecule is O=C(NCC(CCO)c1cccc(Cl)c1)C1CC1.c1ccccc1. The van der Waals surface area contributed by atoms with Crippen molar-refractivity contribution in [3.8, 4) is 0 Å². The van der Waals surface area contributed by atoms with Crippen molar-refractivity contribution >= 4 is 17.5 Å². The second kappa shape index (κ2) is 10.1. The van der Waals surface area contributed by atoms with Crippen LogP contribution in [0.5, 0.6) is 0 Å². The summed E-state index contributed by atoms with van der Waals surface area (Å²) in [6.07, 6.45) is 2.65. The number of amides is 1. The van der Waals surface area contributed by atoms with Gasteiger partial charge in [-0.3, -0.25) is 4.79 Å². The van der Waals surface area contributed by atoms with Crippen molar-refractivity contribution in [2.75, 3.05) is 13.2 Å². The molecule has 0 saturated heterocycles. The molecule has 3 rings (SSSR count). The van der Waals surface area contributed by atoms with Crippen LogP contribution in [0, 0.1) is 5.92 Å². The second-order valence-corrected chi connectivity index (χ2v) is 6.37. The normalized spacial score (nSPS) is 14.2. The summed E-state index contributed by atoms with van der Waals surface area (Å²) in [5, 5.41) is 12.7. The number of carbonyl (C=O) groups excluding carboxylic acids is 1. The summed E-state index contributed by atoms with van der Waals surface area (Å²) in [6, 6.07) is 19.6. The highest BCUT2D eigenvalue weighted by Gasteiger charge is 2.29. The lowest BCUT2D eigenvalue weighted by Crippen LogP contribution is -2.29. The van der Waals surface area contributed by atoms with Crippen LogP contribution in [0.3, 0.4) is 0 Å². The Hall–Kier alpha value is -1.84. The van der Waals surface area contributed by atoms with Crippen molar-refractivity contribution in [3.05, 3.63) is 71.2 Å². The molecule has 1 atom stereocenters. The first kappa shape index (κ1) is 18.5. The molecule has 1 saturated carbocycles. The van der Waals surface area contributed by atoms with Crippen LogP contribution in [0.2, 0.25) is 5.02 Å². The fraction of sp³-hybridized carbons (Fsp3) is 0.350. The van der Waals surface area contributed by atoms with E-state index in [0.29, 0.717) is 18.0 Å². The van der Waals surface area contributed by atoms with E-state index in [4.69, 9.17) is 16.7 Å². The number of aliphatic hydroxyl groups excluding tert-OH is 1. The van der Waals surface area contributed by atoms with Gasteiger partial charge >= 0.3 is 0 Å². The molecular weight excluding hydrogens is 322 g/mol. The number of halogens is 1. The van der Waals surface area contributed by atoms with Crippen molar-refractivity contribution in [2.45, 2.75) is 25.2 Å². The van der Waals surface area contributed by atoms with Gasteiger partial charge in [-0.15, -0.1) is 0 Å². The molecular formula is C20H24ClNO2. The van der Waals surface area contributed by atoms with Gasteiger partial charge in [0.1, 0.15) is 0 Å². The number of rotatable bonds is 6. The van der Waals surface area contributed by atoms with Gasteiger partial charge in [-0.05, 0) is 37.0 Å². The third-order valence-electron chi connectivity index (χ3n) is 3.94. The molecule has 3 nitrogen and oxygen atoms in total. The summed E-state index contributed by atoms with van der Waals surface area (Å²) in [7, 11) is 0. The molecule has 1 fully saturated rings. The monoisotopic (exact) mass is 345 g/mol. The fourth-order valence-corrected chi connectivity index (χ4v) is 2.60. The average Bonchev–Trinajstić information content (AvgIpc) is 3.45. The predicted molar refractivity (Wildman–Crippen MR) is 98.1 cm³/mol. The van der Waals surface area contributed by atoms with E-state index >= 15 is 0 Å². The van der Waals surface area contributed by atoms with E-state index in [0.717, 1.165) is 18.4 Å². The van der Waals surface area contributed by atoms with Crippen LogP contribution in [0.1, 0.15) is 30.7 Å². The molecule has 24 heavy (non-hydrogen) atoms. The molecule has 2 N–H and O–H groups in total. The van der Waals surface area contributed by atoms with E-state index in [9.17, 15) is 4.79 Å². The minimum atomic E-state index is 0.108. The molecule has 1 aliphatic carbocycles. The Kier molecular flexibility index (Phi) is 7.80. The highest BCUT2D eigenvalue weighted by atomic mass is 35.5. The van der Waals surface area contributed by atoms with Crippen molar-refractivity contribution in [3.63, 3.8) is 0 Å². The Bertz CT molecular complexity index is 587. The van der Waals surface area contributed by atoms with Gasteiger partial charge < -0.3 is 10.4 Å². The summed E-state index contributed by atoms with van der Waals surface area (Å²) < 4.78 is 0. The number of benzene rings is 2. The molecule has 1 unspecified atom stereocenters. The second-order valence-electron chi connectivity index (χ2n) is 5.94. The molecule has 0 bridgehead atoms. The van der Waals surface area contributed by atoms with Crippen molar-refractivity contribution in [1.82, 2.24) is 5.32 Å². The van der Waals surface area contributed by atoms with Crippen LogP contribution in [0.25, 0.3) is 0 Å². The molecule has 0 radical (unpaired) electrons. The molecule has 0 aromatic heterocycles. The summed E-state index contributed by atoms with van der Waals surface area (Å²) in [4.78, 5) is 11.6. The molecule has 1 aliphatic rings. The average molecular weight is 346 g/mol. The van der Waals surface area contributed by atoms with Gasteiger partial charge in [-0.1, -0.05) is 60.1 Å².